The van der Waals surface area contributed by atoms with Crippen LogP contribution in [-0.2, 0) is 4.79 Å². The van der Waals surface area contributed by atoms with Crippen molar-refractivity contribution in [3.8, 4) is 0 Å². The summed E-state index contributed by atoms with van der Waals surface area (Å²) in [6.07, 6.45) is 5.34. The SMILES string of the molecule is Cc1ccc(/C=N/NC(=O)CN2CCCCC2)cc1. The van der Waals surface area contributed by atoms with E-state index >= 15 is 0 Å². The lowest BCUT2D eigenvalue weighted by Gasteiger charge is -2.25. The molecule has 1 aromatic rings. The number of nitrogens with one attached hydrogen (secondary N) is 1. The zero-order valence-corrected chi connectivity index (χ0v) is 11.4. The molecule has 19 heavy (non-hydrogen) atoms. The largest absolute Gasteiger partial charge is 0.294 e. The third kappa shape index (κ3) is 4.83. The molecule has 1 heterocycles. The maximum absolute atomic E-state index is 11.7. The van der Waals surface area contributed by atoms with E-state index in [-0.39, 0.29) is 5.91 Å². The number of aryl methyl sites for hydroxylation is 1. The van der Waals surface area contributed by atoms with Gasteiger partial charge in [0.15, 0.2) is 0 Å². The minimum Gasteiger partial charge on any atom is -0.294 e. The maximum atomic E-state index is 11.7. The van der Waals surface area contributed by atoms with Crippen LogP contribution in [0.15, 0.2) is 29.4 Å². The number of benzene rings is 1. The van der Waals surface area contributed by atoms with E-state index in [2.05, 4.69) is 15.4 Å². The van der Waals surface area contributed by atoms with E-state index in [9.17, 15) is 4.79 Å². The van der Waals surface area contributed by atoms with Crippen molar-refractivity contribution in [2.24, 2.45) is 5.10 Å². The smallest absolute Gasteiger partial charge is 0.254 e. The summed E-state index contributed by atoms with van der Waals surface area (Å²) in [5, 5.41) is 3.99. The standard InChI is InChI=1S/C15H21N3O/c1-13-5-7-14(8-6-13)11-16-17-15(19)12-18-9-3-2-4-10-18/h5-8,11H,2-4,9-10,12H2,1H3,(H,17,19)/b16-11+. The molecule has 0 atom stereocenters. The number of piperidine rings is 1. The number of hydrazone groups is 1. The molecular weight excluding hydrogens is 238 g/mol. The van der Waals surface area contributed by atoms with Crippen LogP contribution in [0.4, 0.5) is 0 Å². The molecule has 0 aromatic heterocycles. The summed E-state index contributed by atoms with van der Waals surface area (Å²) in [5.74, 6) is -0.0368. The quantitative estimate of drug-likeness (QED) is 0.663. The van der Waals surface area contributed by atoms with Crippen molar-refractivity contribution in [3.63, 3.8) is 0 Å². The first-order valence-corrected chi connectivity index (χ1v) is 6.85. The summed E-state index contributed by atoms with van der Waals surface area (Å²) >= 11 is 0. The van der Waals surface area contributed by atoms with Crippen LogP contribution in [0.2, 0.25) is 0 Å². The van der Waals surface area contributed by atoms with Gasteiger partial charge in [0.2, 0.25) is 0 Å². The van der Waals surface area contributed by atoms with E-state index in [1.807, 2.05) is 31.2 Å². The summed E-state index contributed by atoms with van der Waals surface area (Å²) < 4.78 is 0. The molecule has 2 rings (SSSR count). The van der Waals surface area contributed by atoms with Gasteiger partial charge in [-0.1, -0.05) is 36.2 Å². The van der Waals surface area contributed by atoms with Crippen LogP contribution < -0.4 is 5.43 Å². The molecule has 102 valence electrons. The normalized spacial score (nSPS) is 16.7. The van der Waals surface area contributed by atoms with Crippen molar-refractivity contribution < 1.29 is 4.79 Å². The Labute approximate surface area is 114 Å². The van der Waals surface area contributed by atoms with Gasteiger partial charge in [-0.25, -0.2) is 5.43 Å². The third-order valence-corrected chi connectivity index (χ3v) is 3.30. The molecule has 0 spiro atoms. The molecule has 0 bridgehead atoms. The zero-order valence-electron chi connectivity index (χ0n) is 11.4. The predicted molar refractivity (Wildman–Crippen MR) is 77.2 cm³/mol. The molecule has 1 fully saturated rings. The highest BCUT2D eigenvalue weighted by Crippen LogP contribution is 2.07. The number of nitrogens with zero attached hydrogens (tertiary/aromatic N) is 2. The summed E-state index contributed by atoms with van der Waals surface area (Å²) in [4.78, 5) is 13.9. The second-order valence-electron chi connectivity index (χ2n) is 5.04. The van der Waals surface area contributed by atoms with Gasteiger partial charge in [-0.2, -0.15) is 5.10 Å². The van der Waals surface area contributed by atoms with E-state index in [4.69, 9.17) is 0 Å². The van der Waals surface area contributed by atoms with E-state index in [0.29, 0.717) is 6.54 Å². The Hall–Kier alpha value is -1.68. The van der Waals surface area contributed by atoms with Crippen LogP contribution in [0.1, 0.15) is 30.4 Å². The minimum atomic E-state index is -0.0368. The molecule has 0 aliphatic carbocycles. The number of hydrogen-bond donors (Lipinski definition) is 1. The minimum absolute atomic E-state index is 0.0368. The molecule has 4 heteroatoms. The van der Waals surface area contributed by atoms with Crippen LogP contribution in [0.3, 0.4) is 0 Å². The first kappa shape index (κ1) is 13.7. The number of likely N-dealkylation sites (tertiary alicyclic amines) is 1. The molecule has 0 saturated carbocycles. The Balaban J connectivity index is 1.74. The van der Waals surface area contributed by atoms with Gasteiger partial charge >= 0.3 is 0 Å². The number of hydrogen-bond acceptors (Lipinski definition) is 3. The van der Waals surface area contributed by atoms with E-state index in [1.54, 1.807) is 6.21 Å². The molecule has 1 aliphatic rings. The topological polar surface area (TPSA) is 44.7 Å². The highest BCUT2D eigenvalue weighted by atomic mass is 16.2. The third-order valence-electron chi connectivity index (χ3n) is 3.30. The average molecular weight is 259 g/mol. The highest BCUT2D eigenvalue weighted by Gasteiger charge is 2.12. The Morgan fingerprint density at radius 2 is 1.95 bits per heavy atom. The first-order chi connectivity index (χ1) is 9.24. The van der Waals surface area contributed by atoms with Crippen LogP contribution >= 0.6 is 0 Å². The average Bonchev–Trinajstić information content (AvgIpc) is 2.42. The van der Waals surface area contributed by atoms with Gasteiger partial charge < -0.3 is 0 Å². The van der Waals surface area contributed by atoms with Crippen LogP contribution in [0, 0.1) is 6.92 Å². The summed E-state index contributed by atoms with van der Waals surface area (Å²) in [7, 11) is 0. The fourth-order valence-electron chi connectivity index (χ4n) is 2.19. The van der Waals surface area contributed by atoms with E-state index in [0.717, 1.165) is 18.7 Å². The molecule has 1 N–H and O–H groups in total. The molecule has 1 amide bonds. The Morgan fingerprint density at radius 3 is 2.63 bits per heavy atom. The second kappa shape index (κ2) is 7.04. The van der Waals surface area contributed by atoms with Crippen molar-refractivity contribution in [1.29, 1.82) is 0 Å². The molecule has 0 radical (unpaired) electrons. The van der Waals surface area contributed by atoms with E-state index < -0.39 is 0 Å². The Kier molecular flexibility index (Phi) is 5.10. The van der Waals surface area contributed by atoms with Crippen molar-refractivity contribution in [2.75, 3.05) is 19.6 Å². The fraction of sp³-hybridized carbons (Fsp3) is 0.467. The fourth-order valence-corrected chi connectivity index (χ4v) is 2.19. The predicted octanol–water partition coefficient (Wildman–Crippen LogP) is 1.93. The molecule has 1 aliphatic heterocycles. The van der Waals surface area contributed by atoms with Gasteiger partial charge in [0, 0.05) is 0 Å². The van der Waals surface area contributed by atoms with E-state index in [1.165, 1.54) is 24.8 Å². The van der Waals surface area contributed by atoms with Gasteiger partial charge in [-0.05, 0) is 38.4 Å². The first-order valence-electron chi connectivity index (χ1n) is 6.85. The summed E-state index contributed by atoms with van der Waals surface area (Å²) in [6, 6.07) is 8.01. The lowest BCUT2D eigenvalue weighted by atomic mass is 10.1. The van der Waals surface area contributed by atoms with Crippen molar-refractivity contribution in [3.05, 3.63) is 35.4 Å². The van der Waals surface area contributed by atoms with Gasteiger partial charge in [0.1, 0.15) is 0 Å². The second-order valence-corrected chi connectivity index (χ2v) is 5.04. The monoisotopic (exact) mass is 259 g/mol. The lowest BCUT2D eigenvalue weighted by molar-refractivity contribution is -0.122. The lowest BCUT2D eigenvalue weighted by Crippen LogP contribution is -2.38. The highest BCUT2D eigenvalue weighted by molar-refractivity contribution is 5.83. The van der Waals surface area contributed by atoms with Gasteiger partial charge in [0.05, 0.1) is 12.8 Å². The molecule has 4 nitrogen and oxygen atoms in total. The van der Waals surface area contributed by atoms with Crippen LogP contribution in [0.5, 0.6) is 0 Å². The van der Waals surface area contributed by atoms with Gasteiger partial charge in [-0.3, -0.25) is 9.69 Å². The maximum Gasteiger partial charge on any atom is 0.254 e. The summed E-state index contributed by atoms with van der Waals surface area (Å²) in [5.41, 5.74) is 4.79. The molecule has 1 saturated heterocycles. The van der Waals surface area contributed by atoms with Crippen LogP contribution in [-0.4, -0.2) is 36.7 Å². The van der Waals surface area contributed by atoms with Crippen molar-refractivity contribution >= 4 is 12.1 Å². The number of rotatable bonds is 4. The number of carbonyl (C=O) groups excluding carboxylic acids is 1. The molecule has 1 aromatic carbocycles. The van der Waals surface area contributed by atoms with Crippen molar-refractivity contribution in [2.45, 2.75) is 26.2 Å². The zero-order chi connectivity index (χ0) is 13.5. The Bertz CT molecular complexity index is 433. The Morgan fingerprint density at radius 1 is 1.26 bits per heavy atom. The number of amides is 1. The molecular formula is C15H21N3O. The van der Waals surface area contributed by atoms with Gasteiger partial charge in [0.25, 0.3) is 5.91 Å². The summed E-state index contributed by atoms with van der Waals surface area (Å²) in [6.45, 7) is 4.54. The van der Waals surface area contributed by atoms with Crippen molar-refractivity contribution in [1.82, 2.24) is 10.3 Å². The number of carbonyl (C=O) groups is 1. The molecule has 0 unspecified atom stereocenters. The van der Waals surface area contributed by atoms with Crippen LogP contribution in [0.25, 0.3) is 0 Å². The van der Waals surface area contributed by atoms with Gasteiger partial charge in [-0.15, -0.1) is 0 Å².